The molecular weight excluding hydrogens is 303 g/mol. The Hall–Kier alpha value is -2.20. The molecule has 2 fully saturated rings. The Labute approximate surface area is 141 Å². The first kappa shape index (κ1) is 15.3. The summed E-state index contributed by atoms with van der Waals surface area (Å²) >= 11 is 0. The molecule has 4 rings (SSSR count). The normalized spacial score (nSPS) is 21.7. The van der Waals surface area contributed by atoms with E-state index < -0.39 is 0 Å². The molecule has 1 heterocycles. The Morgan fingerprint density at radius 2 is 1.79 bits per heavy atom. The van der Waals surface area contributed by atoms with Gasteiger partial charge < -0.3 is 4.90 Å². The molecule has 2 aromatic rings. The number of piperazine rings is 1. The zero-order valence-electron chi connectivity index (χ0n) is 13.6. The number of benzene rings is 2. The zero-order chi connectivity index (χ0) is 16.5. The van der Waals surface area contributed by atoms with Crippen LogP contribution in [0.4, 0.5) is 4.39 Å². The molecule has 1 aliphatic carbocycles. The summed E-state index contributed by atoms with van der Waals surface area (Å²) in [6, 6.07) is 16.9. The van der Waals surface area contributed by atoms with Gasteiger partial charge in [-0.2, -0.15) is 0 Å². The van der Waals surface area contributed by atoms with Crippen molar-refractivity contribution in [3.63, 3.8) is 0 Å². The van der Waals surface area contributed by atoms with Crippen LogP contribution in [0.15, 0.2) is 54.6 Å². The van der Waals surface area contributed by atoms with Crippen molar-refractivity contribution in [2.24, 2.45) is 0 Å². The summed E-state index contributed by atoms with van der Waals surface area (Å²) in [6.07, 6.45) is 2.53. The number of rotatable bonds is 3. The lowest BCUT2D eigenvalue weighted by molar-refractivity contribution is 0.0432. The van der Waals surface area contributed by atoms with E-state index in [1.807, 2.05) is 23.1 Å². The number of halogens is 1. The first-order valence-electron chi connectivity index (χ1n) is 8.58. The van der Waals surface area contributed by atoms with Crippen LogP contribution in [-0.2, 0) is 0 Å². The van der Waals surface area contributed by atoms with Crippen LogP contribution in [0.3, 0.4) is 0 Å². The third kappa shape index (κ3) is 3.06. The summed E-state index contributed by atoms with van der Waals surface area (Å²) in [7, 11) is 0. The van der Waals surface area contributed by atoms with E-state index in [1.165, 1.54) is 25.0 Å². The van der Waals surface area contributed by atoms with E-state index in [-0.39, 0.29) is 17.8 Å². The quantitative estimate of drug-likeness (QED) is 0.863. The summed E-state index contributed by atoms with van der Waals surface area (Å²) in [6.45, 7) is 2.44. The van der Waals surface area contributed by atoms with Crippen LogP contribution in [0, 0.1) is 5.82 Å². The second-order valence-corrected chi connectivity index (χ2v) is 6.66. The van der Waals surface area contributed by atoms with Crippen LogP contribution >= 0.6 is 0 Å². The van der Waals surface area contributed by atoms with Crippen molar-refractivity contribution in [2.45, 2.75) is 24.9 Å². The zero-order valence-corrected chi connectivity index (χ0v) is 13.6. The van der Waals surface area contributed by atoms with E-state index in [2.05, 4.69) is 17.0 Å². The van der Waals surface area contributed by atoms with Gasteiger partial charge in [-0.25, -0.2) is 4.39 Å². The smallest absolute Gasteiger partial charge is 0.254 e. The van der Waals surface area contributed by atoms with E-state index in [0.717, 1.165) is 18.7 Å². The van der Waals surface area contributed by atoms with Gasteiger partial charge in [-0.05, 0) is 36.6 Å². The molecule has 1 saturated carbocycles. The molecule has 1 aliphatic heterocycles. The van der Waals surface area contributed by atoms with Crippen molar-refractivity contribution in [1.29, 1.82) is 0 Å². The lowest BCUT2D eigenvalue weighted by Crippen LogP contribution is -2.51. The third-order valence-electron chi connectivity index (χ3n) is 4.99. The maximum absolute atomic E-state index is 13.5. The lowest BCUT2D eigenvalue weighted by atomic mass is 10.0. The molecule has 0 radical (unpaired) electrons. The number of carbonyl (C=O) groups excluding carboxylic acids is 1. The van der Waals surface area contributed by atoms with Crippen molar-refractivity contribution in [1.82, 2.24) is 9.80 Å². The van der Waals surface area contributed by atoms with Crippen LogP contribution in [0.2, 0.25) is 0 Å². The van der Waals surface area contributed by atoms with Gasteiger partial charge >= 0.3 is 0 Å². The number of hydrogen-bond acceptors (Lipinski definition) is 2. The number of amides is 1. The topological polar surface area (TPSA) is 23.6 Å². The van der Waals surface area contributed by atoms with E-state index in [0.29, 0.717) is 18.2 Å². The maximum Gasteiger partial charge on any atom is 0.254 e. The summed E-state index contributed by atoms with van der Waals surface area (Å²) in [5, 5.41) is 0. The molecule has 0 bridgehead atoms. The van der Waals surface area contributed by atoms with Gasteiger partial charge in [0.2, 0.25) is 0 Å². The second kappa shape index (κ2) is 6.36. The number of nitrogens with zero attached hydrogens (tertiary/aromatic N) is 2. The molecule has 2 aromatic carbocycles. The van der Waals surface area contributed by atoms with E-state index in [9.17, 15) is 9.18 Å². The summed E-state index contributed by atoms with van der Waals surface area (Å²) in [4.78, 5) is 17.4. The molecule has 0 aromatic heterocycles. The first-order valence-corrected chi connectivity index (χ1v) is 8.58. The molecule has 1 amide bonds. The fourth-order valence-corrected chi connectivity index (χ4v) is 3.57. The molecule has 0 N–H and O–H groups in total. The first-order chi connectivity index (χ1) is 11.7. The molecule has 1 saturated heterocycles. The van der Waals surface area contributed by atoms with E-state index in [4.69, 9.17) is 0 Å². The lowest BCUT2D eigenvalue weighted by Gasteiger charge is -2.42. The number of carbonyl (C=O) groups is 1. The minimum absolute atomic E-state index is 0.0244. The van der Waals surface area contributed by atoms with Crippen molar-refractivity contribution in [3.8, 4) is 0 Å². The van der Waals surface area contributed by atoms with Crippen molar-refractivity contribution in [2.75, 3.05) is 19.6 Å². The minimum atomic E-state index is -0.367. The monoisotopic (exact) mass is 324 g/mol. The highest BCUT2D eigenvalue weighted by Gasteiger charge is 2.38. The van der Waals surface area contributed by atoms with Gasteiger partial charge in [0.1, 0.15) is 5.82 Å². The Morgan fingerprint density at radius 1 is 1.00 bits per heavy atom. The standard InChI is InChI=1S/C20H21FN2O/c21-17-8-4-7-16(13-17)20(24)23-12-11-22(18-9-10-18)14-19(23)15-5-2-1-3-6-15/h1-8,13,18-19H,9-12,14H2. The predicted octanol–water partition coefficient (Wildman–Crippen LogP) is 3.49. The predicted molar refractivity (Wildman–Crippen MR) is 91.2 cm³/mol. The van der Waals surface area contributed by atoms with Crippen LogP contribution in [0.1, 0.15) is 34.8 Å². The largest absolute Gasteiger partial charge is 0.329 e. The molecule has 124 valence electrons. The van der Waals surface area contributed by atoms with Crippen molar-refractivity contribution >= 4 is 5.91 Å². The SMILES string of the molecule is O=C(c1cccc(F)c1)N1CCN(C2CC2)CC1c1ccccc1. The summed E-state index contributed by atoms with van der Waals surface area (Å²) in [5.41, 5.74) is 1.57. The van der Waals surface area contributed by atoms with Gasteiger partial charge in [-0.3, -0.25) is 9.69 Å². The molecule has 1 unspecified atom stereocenters. The average molecular weight is 324 g/mol. The molecule has 3 nitrogen and oxygen atoms in total. The molecule has 24 heavy (non-hydrogen) atoms. The summed E-state index contributed by atoms with van der Waals surface area (Å²) < 4.78 is 13.5. The fraction of sp³-hybridized carbons (Fsp3) is 0.350. The highest BCUT2D eigenvalue weighted by Crippen LogP contribution is 2.34. The van der Waals surface area contributed by atoms with Gasteiger partial charge in [-0.15, -0.1) is 0 Å². The minimum Gasteiger partial charge on any atom is -0.329 e. The van der Waals surface area contributed by atoms with E-state index in [1.54, 1.807) is 12.1 Å². The Kier molecular flexibility index (Phi) is 4.07. The molecule has 2 aliphatic rings. The Balaban J connectivity index is 1.63. The van der Waals surface area contributed by atoms with Crippen molar-refractivity contribution in [3.05, 3.63) is 71.5 Å². The van der Waals surface area contributed by atoms with Crippen LogP contribution in [0.25, 0.3) is 0 Å². The highest BCUT2D eigenvalue weighted by atomic mass is 19.1. The van der Waals surface area contributed by atoms with Crippen LogP contribution < -0.4 is 0 Å². The Morgan fingerprint density at radius 3 is 2.50 bits per heavy atom. The highest BCUT2D eigenvalue weighted by molar-refractivity contribution is 5.94. The average Bonchev–Trinajstić information content (AvgIpc) is 3.46. The molecular formula is C20H21FN2O. The van der Waals surface area contributed by atoms with Gasteiger partial charge in [0, 0.05) is 31.2 Å². The fourth-order valence-electron chi connectivity index (χ4n) is 3.57. The summed E-state index contributed by atoms with van der Waals surface area (Å²) in [5.74, 6) is -0.451. The Bertz CT molecular complexity index is 729. The number of hydrogen-bond donors (Lipinski definition) is 0. The molecule has 4 heteroatoms. The van der Waals surface area contributed by atoms with Gasteiger partial charge in [0.05, 0.1) is 6.04 Å². The molecule has 1 atom stereocenters. The van der Waals surface area contributed by atoms with Gasteiger partial charge in [0.15, 0.2) is 0 Å². The van der Waals surface area contributed by atoms with Crippen LogP contribution in [-0.4, -0.2) is 41.4 Å². The maximum atomic E-state index is 13.5. The van der Waals surface area contributed by atoms with E-state index >= 15 is 0 Å². The van der Waals surface area contributed by atoms with Gasteiger partial charge in [0.25, 0.3) is 5.91 Å². The van der Waals surface area contributed by atoms with Crippen molar-refractivity contribution < 1.29 is 9.18 Å². The third-order valence-corrected chi connectivity index (χ3v) is 4.99. The van der Waals surface area contributed by atoms with Gasteiger partial charge in [-0.1, -0.05) is 36.4 Å². The molecule has 0 spiro atoms. The van der Waals surface area contributed by atoms with Crippen LogP contribution in [0.5, 0.6) is 0 Å². The second-order valence-electron chi connectivity index (χ2n) is 6.66.